The van der Waals surface area contributed by atoms with Crippen molar-refractivity contribution in [2.45, 2.75) is 12.8 Å². The van der Waals surface area contributed by atoms with Gasteiger partial charge in [-0.1, -0.05) is 11.6 Å². The van der Waals surface area contributed by atoms with Crippen LogP contribution in [0.1, 0.15) is 12.5 Å². The molecule has 0 atom stereocenters. The number of anilines is 1. The predicted octanol–water partition coefficient (Wildman–Crippen LogP) is 2.43. The molecule has 1 rings (SSSR count). The molecule has 1 aromatic rings. The molecule has 0 radical (unpaired) electrons. The van der Waals surface area contributed by atoms with Crippen molar-refractivity contribution < 1.29 is 8.78 Å². The molecule has 0 aliphatic rings. The van der Waals surface area contributed by atoms with Crippen LogP contribution in [0.4, 0.5) is 14.6 Å². The van der Waals surface area contributed by atoms with Crippen LogP contribution in [0.25, 0.3) is 0 Å². The van der Waals surface area contributed by atoms with Gasteiger partial charge in [-0.2, -0.15) is 0 Å². The first kappa shape index (κ1) is 9.19. The SMILES string of the molecule is CC(F)(F)c1cnc(N)c(Cl)c1. The van der Waals surface area contributed by atoms with Crippen molar-refractivity contribution in [2.24, 2.45) is 0 Å². The van der Waals surface area contributed by atoms with E-state index in [0.29, 0.717) is 0 Å². The Kier molecular flexibility index (Phi) is 2.19. The van der Waals surface area contributed by atoms with Crippen molar-refractivity contribution in [3.63, 3.8) is 0 Å². The number of halogens is 3. The van der Waals surface area contributed by atoms with Gasteiger partial charge in [0.2, 0.25) is 0 Å². The largest absolute Gasteiger partial charge is 0.382 e. The fraction of sp³-hybridized carbons (Fsp3) is 0.286. The highest BCUT2D eigenvalue weighted by atomic mass is 35.5. The lowest BCUT2D eigenvalue weighted by Gasteiger charge is -2.10. The lowest BCUT2D eigenvalue weighted by Crippen LogP contribution is -2.08. The summed E-state index contributed by atoms with van der Waals surface area (Å²) >= 11 is 5.50. The van der Waals surface area contributed by atoms with E-state index in [-0.39, 0.29) is 16.4 Å². The van der Waals surface area contributed by atoms with E-state index < -0.39 is 5.92 Å². The van der Waals surface area contributed by atoms with E-state index in [1.54, 1.807) is 0 Å². The fourth-order valence-corrected chi connectivity index (χ4v) is 0.855. The van der Waals surface area contributed by atoms with Crippen LogP contribution in [0.2, 0.25) is 5.02 Å². The topological polar surface area (TPSA) is 38.9 Å². The molecule has 0 unspecified atom stereocenters. The van der Waals surface area contributed by atoms with Gasteiger partial charge >= 0.3 is 0 Å². The monoisotopic (exact) mass is 192 g/mol. The van der Waals surface area contributed by atoms with E-state index in [2.05, 4.69) is 4.98 Å². The highest BCUT2D eigenvalue weighted by Crippen LogP contribution is 2.29. The fourth-order valence-electron chi connectivity index (χ4n) is 0.689. The molecule has 0 aromatic carbocycles. The van der Waals surface area contributed by atoms with E-state index in [1.165, 1.54) is 0 Å². The first-order valence-electron chi connectivity index (χ1n) is 3.20. The van der Waals surface area contributed by atoms with Gasteiger partial charge in [0.1, 0.15) is 5.82 Å². The summed E-state index contributed by atoms with van der Waals surface area (Å²) in [4.78, 5) is 3.51. The Morgan fingerprint density at radius 3 is 2.58 bits per heavy atom. The average molecular weight is 193 g/mol. The summed E-state index contributed by atoms with van der Waals surface area (Å²) in [5.74, 6) is -2.87. The van der Waals surface area contributed by atoms with Crippen LogP contribution < -0.4 is 5.73 Å². The number of aromatic nitrogens is 1. The summed E-state index contributed by atoms with van der Waals surface area (Å²) in [5, 5.41) is 0.0500. The highest BCUT2D eigenvalue weighted by molar-refractivity contribution is 6.32. The number of pyridine rings is 1. The van der Waals surface area contributed by atoms with Gasteiger partial charge in [-0.25, -0.2) is 13.8 Å². The lowest BCUT2D eigenvalue weighted by atomic mass is 10.2. The molecule has 0 spiro atoms. The minimum atomic E-state index is -2.93. The first-order chi connectivity index (χ1) is 5.41. The Labute approximate surface area is 73.4 Å². The molecule has 0 saturated heterocycles. The summed E-state index contributed by atoms with van der Waals surface area (Å²) in [6, 6.07) is 1.11. The number of hydrogen-bond donors (Lipinski definition) is 1. The van der Waals surface area contributed by atoms with Gasteiger partial charge in [-0.3, -0.25) is 0 Å². The second-order valence-electron chi connectivity index (χ2n) is 2.48. The first-order valence-corrected chi connectivity index (χ1v) is 3.58. The minimum Gasteiger partial charge on any atom is -0.382 e. The van der Waals surface area contributed by atoms with Gasteiger partial charge in [-0.05, 0) is 6.07 Å². The van der Waals surface area contributed by atoms with Crippen LogP contribution >= 0.6 is 11.6 Å². The second-order valence-corrected chi connectivity index (χ2v) is 2.89. The molecular formula is C7H7ClF2N2. The van der Waals surface area contributed by atoms with Crippen LogP contribution in [-0.4, -0.2) is 4.98 Å². The van der Waals surface area contributed by atoms with Crippen molar-refractivity contribution >= 4 is 17.4 Å². The Morgan fingerprint density at radius 2 is 2.17 bits per heavy atom. The van der Waals surface area contributed by atoms with Gasteiger partial charge < -0.3 is 5.73 Å². The number of nitrogen functional groups attached to an aromatic ring is 1. The molecule has 0 aliphatic carbocycles. The number of nitrogens with zero attached hydrogens (tertiary/aromatic N) is 1. The molecule has 66 valence electrons. The van der Waals surface area contributed by atoms with E-state index >= 15 is 0 Å². The third kappa shape index (κ3) is 1.82. The van der Waals surface area contributed by atoms with Crippen LogP contribution in [0.15, 0.2) is 12.3 Å². The van der Waals surface area contributed by atoms with Crippen LogP contribution in [0.5, 0.6) is 0 Å². The van der Waals surface area contributed by atoms with E-state index in [0.717, 1.165) is 19.2 Å². The van der Waals surface area contributed by atoms with Gasteiger partial charge in [-0.15, -0.1) is 0 Å². The van der Waals surface area contributed by atoms with E-state index in [4.69, 9.17) is 17.3 Å². The normalized spacial score (nSPS) is 11.7. The summed E-state index contributed by atoms with van der Waals surface area (Å²) in [6.45, 7) is 0.774. The third-order valence-electron chi connectivity index (χ3n) is 1.38. The maximum Gasteiger partial charge on any atom is 0.272 e. The third-order valence-corrected chi connectivity index (χ3v) is 1.68. The zero-order chi connectivity index (χ0) is 9.35. The van der Waals surface area contributed by atoms with Crippen molar-refractivity contribution in [2.75, 3.05) is 5.73 Å². The summed E-state index contributed by atoms with van der Waals surface area (Å²) in [6.07, 6.45) is 1.02. The molecule has 1 aromatic heterocycles. The molecule has 2 nitrogen and oxygen atoms in total. The Hall–Kier alpha value is -0.900. The molecule has 5 heteroatoms. The van der Waals surface area contributed by atoms with Gasteiger partial charge in [0.25, 0.3) is 5.92 Å². The van der Waals surface area contributed by atoms with Crippen molar-refractivity contribution in [1.29, 1.82) is 0 Å². The molecule has 2 N–H and O–H groups in total. The number of rotatable bonds is 1. The summed E-state index contributed by atoms with van der Waals surface area (Å²) in [7, 11) is 0. The second kappa shape index (κ2) is 2.86. The number of alkyl halides is 2. The molecule has 1 heterocycles. The maximum atomic E-state index is 12.6. The van der Waals surface area contributed by atoms with Crippen molar-refractivity contribution in [3.8, 4) is 0 Å². The van der Waals surface area contributed by atoms with Crippen molar-refractivity contribution in [1.82, 2.24) is 4.98 Å². The van der Waals surface area contributed by atoms with E-state index in [9.17, 15) is 8.78 Å². The van der Waals surface area contributed by atoms with Gasteiger partial charge in [0.15, 0.2) is 0 Å². The molecule has 0 aliphatic heterocycles. The number of hydrogen-bond acceptors (Lipinski definition) is 2. The van der Waals surface area contributed by atoms with Crippen molar-refractivity contribution in [3.05, 3.63) is 22.8 Å². The van der Waals surface area contributed by atoms with Gasteiger partial charge in [0.05, 0.1) is 5.02 Å². The van der Waals surface area contributed by atoms with Crippen LogP contribution in [0, 0.1) is 0 Å². The highest BCUT2D eigenvalue weighted by Gasteiger charge is 2.25. The lowest BCUT2D eigenvalue weighted by molar-refractivity contribution is 0.0171. The number of nitrogens with two attached hydrogens (primary N) is 1. The summed E-state index contributed by atoms with van der Waals surface area (Å²) < 4.78 is 25.3. The Balaban J connectivity index is 3.14. The molecule has 0 amide bonds. The predicted molar refractivity (Wildman–Crippen MR) is 43.2 cm³/mol. The summed E-state index contributed by atoms with van der Waals surface area (Å²) in [5.41, 5.74) is 5.01. The van der Waals surface area contributed by atoms with Crippen LogP contribution in [-0.2, 0) is 5.92 Å². The van der Waals surface area contributed by atoms with Crippen LogP contribution in [0.3, 0.4) is 0 Å². The average Bonchev–Trinajstić information content (AvgIpc) is 1.92. The maximum absolute atomic E-state index is 12.6. The molecular weight excluding hydrogens is 186 g/mol. The Bertz CT molecular complexity index is 296. The molecule has 12 heavy (non-hydrogen) atoms. The zero-order valence-corrected chi connectivity index (χ0v) is 7.07. The van der Waals surface area contributed by atoms with E-state index in [1.807, 2.05) is 0 Å². The quantitative estimate of drug-likeness (QED) is 0.742. The Morgan fingerprint density at radius 1 is 1.58 bits per heavy atom. The molecule has 0 saturated carbocycles. The minimum absolute atomic E-state index is 0.0500. The standard InChI is InChI=1S/C7H7ClF2N2/c1-7(9,10)4-2-5(8)6(11)12-3-4/h2-3H,1H3,(H2,11,12). The zero-order valence-electron chi connectivity index (χ0n) is 6.31. The smallest absolute Gasteiger partial charge is 0.272 e. The molecule has 0 fully saturated rings. The molecule has 0 bridgehead atoms. The van der Waals surface area contributed by atoms with Gasteiger partial charge in [0, 0.05) is 18.7 Å².